The molecule has 0 bridgehead atoms. The molecular formula is C11H8N2O4S. The molecule has 92 valence electrons. The summed E-state index contributed by atoms with van der Waals surface area (Å²) >= 11 is 1.29. The molecule has 1 aromatic carbocycles. The lowest BCUT2D eigenvalue weighted by Gasteiger charge is -2.05. The van der Waals surface area contributed by atoms with Gasteiger partial charge in [0.15, 0.2) is 0 Å². The normalized spacial score (nSPS) is 10.0. The number of benzene rings is 1. The van der Waals surface area contributed by atoms with Crippen LogP contribution < -0.4 is 5.32 Å². The van der Waals surface area contributed by atoms with E-state index in [1.807, 2.05) is 0 Å². The second-order valence-corrected chi connectivity index (χ2v) is 4.08. The molecule has 0 atom stereocenters. The standard InChI is InChI=1S/C11H8N2O4S/c14-9-3-6(1-2-7(9)11(16)17)13-10(15)8-4-18-5-12-8/h1-5,14H,(H,13,15)(H,16,17). The first-order chi connectivity index (χ1) is 8.58. The van der Waals surface area contributed by atoms with Crippen LogP contribution in [-0.2, 0) is 0 Å². The van der Waals surface area contributed by atoms with Crippen molar-refractivity contribution >= 4 is 28.9 Å². The number of carbonyl (C=O) groups is 2. The molecule has 1 heterocycles. The first-order valence-electron chi connectivity index (χ1n) is 4.84. The van der Waals surface area contributed by atoms with Crippen molar-refractivity contribution in [2.45, 2.75) is 0 Å². The topological polar surface area (TPSA) is 99.5 Å². The van der Waals surface area contributed by atoms with E-state index < -0.39 is 17.6 Å². The van der Waals surface area contributed by atoms with E-state index in [-0.39, 0.29) is 11.3 Å². The van der Waals surface area contributed by atoms with E-state index in [0.29, 0.717) is 5.69 Å². The minimum Gasteiger partial charge on any atom is -0.507 e. The van der Waals surface area contributed by atoms with Crippen molar-refractivity contribution in [3.05, 3.63) is 40.3 Å². The molecular weight excluding hydrogens is 256 g/mol. The SMILES string of the molecule is O=C(Nc1ccc(C(=O)O)c(O)c1)c1cscn1. The van der Waals surface area contributed by atoms with Gasteiger partial charge < -0.3 is 15.5 Å². The predicted molar refractivity (Wildman–Crippen MR) is 65.1 cm³/mol. The zero-order valence-corrected chi connectivity index (χ0v) is 9.77. The molecule has 0 spiro atoms. The summed E-state index contributed by atoms with van der Waals surface area (Å²) in [6, 6.07) is 3.79. The molecule has 2 aromatic rings. The lowest BCUT2D eigenvalue weighted by Crippen LogP contribution is -2.12. The van der Waals surface area contributed by atoms with Crippen molar-refractivity contribution < 1.29 is 19.8 Å². The predicted octanol–water partition coefficient (Wildman–Crippen LogP) is 1.80. The molecule has 0 aliphatic rings. The van der Waals surface area contributed by atoms with E-state index >= 15 is 0 Å². The second-order valence-electron chi connectivity index (χ2n) is 3.36. The molecule has 7 heteroatoms. The monoisotopic (exact) mass is 264 g/mol. The number of carboxylic acid groups (broad SMARTS) is 1. The number of aromatic nitrogens is 1. The molecule has 0 aliphatic carbocycles. The second kappa shape index (κ2) is 4.84. The van der Waals surface area contributed by atoms with Crippen LogP contribution in [-0.4, -0.2) is 27.1 Å². The highest BCUT2D eigenvalue weighted by atomic mass is 32.1. The summed E-state index contributed by atoms with van der Waals surface area (Å²) in [5, 5.41) is 22.3. The molecule has 0 aliphatic heterocycles. The van der Waals surface area contributed by atoms with Gasteiger partial charge in [-0.05, 0) is 12.1 Å². The van der Waals surface area contributed by atoms with E-state index in [1.165, 1.54) is 35.0 Å². The first-order valence-corrected chi connectivity index (χ1v) is 5.78. The molecule has 3 N–H and O–H groups in total. The molecule has 0 saturated carbocycles. The van der Waals surface area contributed by atoms with Gasteiger partial charge in [-0.3, -0.25) is 4.79 Å². The summed E-state index contributed by atoms with van der Waals surface area (Å²) in [4.78, 5) is 26.2. The summed E-state index contributed by atoms with van der Waals surface area (Å²) in [5.74, 6) is -2.05. The average Bonchev–Trinajstić information content (AvgIpc) is 2.81. The van der Waals surface area contributed by atoms with Crippen LogP contribution in [0.1, 0.15) is 20.8 Å². The Morgan fingerprint density at radius 2 is 2.11 bits per heavy atom. The fourth-order valence-electron chi connectivity index (χ4n) is 1.31. The van der Waals surface area contributed by atoms with Gasteiger partial charge in [-0.1, -0.05) is 0 Å². The van der Waals surface area contributed by atoms with Gasteiger partial charge in [0, 0.05) is 17.1 Å². The lowest BCUT2D eigenvalue weighted by molar-refractivity contribution is 0.0693. The minimum absolute atomic E-state index is 0.221. The molecule has 0 saturated heterocycles. The Bertz CT molecular complexity index is 595. The lowest BCUT2D eigenvalue weighted by atomic mass is 10.2. The number of anilines is 1. The molecule has 2 rings (SSSR count). The number of nitrogens with one attached hydrogen (secondary N) is 1. The van der Waals surface area contributed by atoms with Crippen LogP contribution in [0.2, 0.25) is 0 Å². The van der Waals surface area contributed by atoms with E-state index in [9.17, 15) is 14.7 Å². The third-order valence-electron chi connectivity index (χ3n) is 2.15. The minimum atomic E-state index is -1.23. The fraction of sp³-hybridized carbons (Fsp3) is 0. The van der Waals surface area contributed by atoms with Gasteiger partial charge in [0.2, 0.25) is 0 Å². The molecule has 0 unspecified atom stereocenters. The number of thiazole rings is 1. The van der Waals surface area contributed by atoms with Crippen LogP contribution in [0.15, 0.2) is 29.1 Å². The van der Waals surface area contributed by atoms with Gasteiger partial charge in [-0.2, -0.15) is 0 Å². The maximum atomic E-state index is 11.6. The van der Waals surface area contributed by atoms with Crippen LogP contribution in [0.3, 0.4) is 0 Å². The quantitative estimate of drug-likeness (QED) is 0.785. The zero-order valence-electron chi connectivity index (χ0n) is 8.95. The molecule has 1 amide bonds. The maximum absolute atomic E-state index is 11.6. The molecule has 0 fully saturated rings. The molecule has 0 radical (unpaired) electrons. The molecule has 1 aromatic heterocycles. The Balaban J connectivity index is 2.18. The number of carbonyl (C=O) groups excluding carboxylic acids is 1. The highest BCUT2D eigenvalue weighted by Gasteiger charge is 2.12. The van der Waals surface area contributed by atoms with Crippen molar-refractivity contribution in [1.29, 1.82) is 0 Å². The van der Waals surface area contributed by atoms with E-state index in [2.05, 4.69) is 10.3 Å². The number of phenols is 1. The van der Waals surface area contributed by atoms with Gasteiger partial charge in [0.25, 0.3) is 5.91 Å². The third kappa shape index (κ3) is 2.46. The van der Waals surface area contributed by atoms with Gasteiger partial charge in [0.05, 0.1) is 5.51 Å². The Morgan fingerprint density at radius 3 is 2.67 bits per heavy atom. The smallest absolute Gasteiger partial charge is 0.339 e. The van der Waals surface area contributed by atoms with E-state index in [1.54, 1.807) is 5.38 Å². The number of nitrogens with zero attached hydrogens (tertiary/aromatic N) is 1. The number of hydrogen-bond acceptors (Lipinski definition) is 5. The average molecular weight is 264 g/mol. The van der Waals surface area contributed by atoms with Crippen molar-refractivity contribution in [2.75, 3.05) is 5.32 Å². The summed E-state index contributed by atoms with van der Waals surface area (Å²) in [6.07, 6.45) is 0. The van der Waals surface area contributed by atoms with Gasteiger partial charge in [-0.25, -0.2) is 9.78 Å². The Kier molecular flexibility index (Phi) is 3.24. The molecule has 18 heavy (non-hydrogen) atoms. The highest BCUT2D eigenvalue weighted by Crippen LogP contribution is 2.22. The van der Waals surface area contributed by atoms with E-state index in [4.69, 9.17) is 5.11 Å². The Morgan fingerprint density at radius 1 is 1.33 bits per heavy atom. The zero-order chi connectivity index (χ0) is 13.1. The number of aromatic carboxylic acids is 1. The van der Waals surface area contributed by atoms with Gasteiger partial charge in [0.1, 0.15) is 17.0 Å². The number of rotatable bonds is 3. The van der Waals surface area contributed by atoms with E-state index in [0.717, 1.165) is 0 Å². The highest BCUT2D eigenvalue weighted by molar-refractivity contribution is 7.07. The first kappa shape index (κ1) is 12.1. The summed E-state index contributed by atoms with van der Waals surface area (Å²) in [5.41, 5.74) is 1.87. The number of amides is 1. The summed E-state index contributed by atoms with van der Waals surface area (Å²) in [7, 11) is 0. The third-order valence-corrected chi connectivity index (χ3v) is 2.74. The van der Waals surface area contributed by atoms with Crippen LogP contribution in [0.5, 0.6) is 5.75 Å². The fourth-order valence-corrected chi connectivity index (χ4v) is 1.84. The molecule has 6 nitrogen and oxygen atoms in total. The van der Waals surface area contributed by atoms with Crippen LogP contribution in [0, 0.1) is 0 Å². The summed E-state index contributed by atoms with van der Waals surface area (Å²) < 4.78 is 0. The van der Waals surface area contributed by atoms with Crippen molar-refractivity contribution in [1.82, 2.24) is 4.98 Å². The van der Waals surface area contributed by atoms with Crippen LogP contribution >= 0.6 is 11.3 Å². The van der Waals surface area contributed by atoms with Crippen LogP contribution in [0.4, 0.5) is 5.69 Å². The van der Waals surface area contributed by atoms with Crippen molar-refractivity contribution in [3.63, 3.8) is 0 Å². The Hall–Kier alpha value is -2.41. The number of aromatic hydroxyl groups is 1. The van der Waals surface area contributed by atoms with Gasteiger partial charge >= 0.3 is 5.97 Å². The van der Waals surface area contributed by atoms with Crippen LogP contribution in [0.25, 0.3) is 0 Å². The number of carboxylic acids is 1. The Labute approximate surface area is 106 Å². The maximum Gasteiger partial charge on any atom is 0.339 e. The summed E-state index contributed by atoms with van der Waals surface area (Å²) in [6.45, 7) is 0. The largest absolute Gasteiger partial charge is 0.507 e. The van der Waals surface area contributed by atoms with Crippen molar-refractivity contribution in [3.8, 4) is 5.75 Å². The van der Waals surface area contributed by atoms with Crippen molar-refractivity contribution in [2.24, 2.45) is 0 Å². The number of hydrogen-bond donors (Lipinski definition) is 3. The van der Waals surface area contributed by atoms with Gasteiger partial charge in [-0.15, -0.1) is 11.3 Å².